The van der Waals surface area contributed by atoms with E-state index in [2.05, 4.69) is 30.6 Å². The molecule has 4 aromatic rings. The van der Waals surface area contributed by atoms with Crippen molar-refractivity contribution < 1.29 is 4.63 Å². The number of hydrogen-bond donors (Lipinski definition) is 1. The number of anilines is 1. The van der Waals surface area contributed by atoms with Crippen molar-refractivity contribution in [2.45, 2.75) is 6.54 Å². The second-order valence-electron chi connectivity index (χ2n) is 4.94. The highest BCUT2D eigenvalue weighted by molar-refractivity contribution is 5.73. The number of aromatic nitrogens is 5. The molecule has 0 atom stereocenters. The van der Waals surface area contributed by atoms with Gasteiger partial charge in [-0.25, -0.2) is 14.6 Å². The van der Waals surface area contributed by atoms with Crippen LogP contribution in [0.5, 0.6) is 0 Å². The predicted molar refractivity (Wildman–Crippen MR) is 84.4 cm³/mol. The number of pyridine rings is 1. The van der Waals surface area contributed by atoms with Gasteiger partial charge in [-0.15, -0.1) is 0 Å². The van der Waals surface area contributed by atoms with Crippen LogP contribution in [0.25, 0.3) is 22.3 Å². The molecular weight excluding hydrogens is 292 g/mol. The van der Waals surface area contributed by atoms with E-state index in [0.29, 0.717) is 12.5 Å². The third kappa shape index (κ3) is 2.84. The minimum atomic E-state index is 0.567. The fourth-order valence-corrected chi connectivity index (χ4v) is 2.25. The van der Waals surface area contributed by atoms with Crippen molar-refractivity contribution in [3.05, 3.63) is 60.6 Å². The van der Waals surface area contributed by atoms with E-state index in [0.717, 1.165) is 27.9 Å². The minimum absolute atomic E-state index is 0.567. The molecule has 0 saturated carbocycles. The van der Waals surface area contributed by atoms with Crippen molar-refractivity contribution in [3.63, 3.8) is 0 Å². The van der Waals surface area contributed by atoms with E-state index in [1.54, 1.807) is 18.6 Å². The molecule has 1 N–H and O–H groups in total. The summed E-state index contributed by atoms with van der Waals surface area (Å²) in [5, 5.41) is 10.8. The summed E-state index contributed by atoms with van der Waals surface area (Å²) in [4.78, 5) is 12.8. The molecule has 1 aromatic carbocycles. The number of nitrogens with one attached hydrogen (secondary N) is 1. The molecule has 0 unspecified atom stereocenters. The first-order valence-electron chi connectivity index (χ1n) is 7.07. The first kappa shape index (κ1) is 13.3. The molecule has 0 spiro atoms. The Kier molecular flexibility index (Phi) is 3.36. The average Bonchev–Trinajstić information content (AvgIpc) is 3.09. The van der Waals surface area contributed by atoms with Crippen LogP contribution in [0.4, 0.5) is 5.95 Å². The zero-order valence-electron chi connectivity index (χ0n) is 12.0. The molecule has 0 radical (unpaired) electrons. The Morgan fingerprint density at radius 3 is 2.70 bits per heavy atom. The molecule has 3 heterocycles. The minimum Gasteiger partial charge on any atom is -0.350 e. The summed E-state index contributed by atoms with van der Waals surface area (Å²) in [5.74, 6) is 0.567. The van der Waals surface area contributed by atoms with Gasteiger partial charge in [0.25, 0.3) is 0 Å². The lowest BCUT2D eigenvalue weighted by atomic mass is 10.2. The molecule has 0 fully saturated rings. The Balaban J connectivity index is 1.52. The van der Waals surface area contributed by atoms with Gasteiger partial charge in [-0.2, -0.15) is 0 Å². The Bertz CT molecular complexity index is 937. The quantitative estimate of drug-likeness (QED) is 0.620. The zero-order chi connectivity index (χ0) is 15.5. The molecule has 7 heteroatoms. The van der Waals surface area contributed by atoms with Crippen LogP contribution in [0.2, 0.25) is 0 Å². The molecule has 0 aliphatic carbocycles. The van der Waals surface area contributed by atoms with Crippen molar-refractivity contribution >= 4 is 17.0 Å². The van der Waals surface area contributed by atoms with Crippen molar-refractivity contribution in [2.24, 2.45) is 0 Å². The molecule has 0 amide bonds. The third-order valence-corrected chi connectivity index (χ3v) is 3.40. The van der Waals surface area contributed by atoms with Crippen LogP contribution >= 0.6 is 0 Å². The van der Waals surface area contributed by atoms with Crippen LogP contribution in [-0.4, -0.2) is 25.3 Å². The highest BCUT2D eigenvalue weighted by Crippen LogP contribution is 2.17. The standard InChI is InChI=1S/C16H12N6O/c1-2-14-15(22-23-21-14)9-11(1)10-19-16-18-8-5-13(20-16)12-3-6-17-7-4-12/h1-9H,10H2,(H,18,19,20). The zero-order valence-corrected chi connectivity index (χ0v) is 12.0. The number of benzene rings is 1. The van der Waals surface area contributed by atoms with Crippen LogP contribution in [-0.2, 0) is 6.54 Å². The second-order valence-corrected chi connectivity index (χ2v) is 4.94. The monoisotopic (exact) mass is 304 g/mol. The maximum absolute atomic E-state index is 4.70. The summed E-state index contributed by atoms with van der Waals surface area (Å²) in [6, 6.07) is 11.5. The van der Waals surface area contributed by atoms with E-state index >= 15 is 0 Å². The second kappa shape index (κ2) is 5.80. The summed E-state index contributed by atoms with van der Waals surface area (Å²) in [6.07, 6.45) is 5.22. The summed E-state index contributed by atoms with van der Waals surface area (Å²) in [7, 11) is 0. The van der Waals surface area contributed by atoms with E-state index < -0.39 is 0 Å². The fourth-order valence-electron chi connectivity index (χ4n) is 2.25. The normalized spacial score (nSPS) is 10.8. The average molecular weight is 304 g/mol. The van der Waals surface area contributed by atoms with Gasteiger partial charge < -0.3 is 5.32 Å². The fraction of sp³-hybridized carbons (Fsp3) is 0.0625. The smallest absolute Gasteiger partial charge is 0.223 e. The molecule has 0 bridgehead atoms. The van der Waals surface area contributed by atoms with Crippen LogP contribution in [0, 0.1) is 0 Å². The lowest BCUT2D eigenvalue weighted by Crippen LogP contribution is -2.03. The molecule has 3 aromatic heterocycles. The highest BCUT2D eigenvalue weighted by Gasteiger charge is 2.04. The molecule has 0 aliphatic heterocycles. The van der Waals surface area contributed by atoms with Crippen molar-refractivity contribution in [2.75, 3.05) is 5.32 Å². The van der Waals surface area contributed by atoms with Crippen LogP contribution in [0.1, 0.15) is 5.56 Å². The van der Waals surface area contributed by atoms with Gasteiger partial charge in [-0.05, 0) is 46.2 Å². The Morgan fingerprint density at radius 2 is 1.78 bits per heavy atom. The summed E-state index contributed by atoms with van der Waals surface area (Å²) < 4.78 is 4.70. The number of nitrogens with zero attached hydrogens (tertiary/aromatic N) is 5. The molecule has 0 aliphatic rings. The van der Waals surface area contributed by atoms with Gasteiger partial charge in [0.15, 0.2) is 0 Å². The maximum atomic E-state index is 4.70. The molecule has 23 heavy (non-hydrogen) atoms. The van der Waals surface area contributed by atoms with Gasteiger partial charge >= 0.3 is 0 Å². The van der Waals surface area contributed by atoms with Gasteiger partial charge in [0.2, 0.25) is 5.95 Å². The van der Waals surface area contributed by atoms with Gasteiger partial charge in [0.05, 0.1) is 5.69 Å². The van der Waals surface area contributed by atoms with Crippen molar-refractivity contribution in [1.82, 2.24) is 25.3 Å². The summed E-state index contributed by atoms with van der Waals surface area (Å²) in [6.45, 7) is 0.586. The summed E-state index contributed by atoms with van der Waals surface area (Å²) >= 11 is 0. The van der Waals surface area contributed by atoms with E-state index in [1.807, 2.05) is 36.4 Å². The van der Waals surface area contributed by atoms with Crippen molar-refractivity contribution in [1.29, 1.82) is 0 Å². The lowest BCUT2D eigenvalue weighted by Gasteiger charge is -2.06. The highest BCUT2D eigenvalue weighted by atomic mass is 16.6. The van der Waals surface area contributed by atoms with E-state index in [1.165, 1.54) is 0 Å². The lowest BCUT2D eigenvalue weighted by molar-refractivity contribution is 0.315. The molecule has 7 nitrogen and oxygen atoms in total. The summed E-state index contributed by atoms with van der Waals surface area (Å²) in [5.41, 5.74) is 4.37. The molecule has 0 saturated heterocycles. The molecule has 112 valence electrons. The van der Waals surface area contributed by atoms with Gasteiger partial charge in [-0.3, -0.25) is 4.98 Å². The third-order valence-electron chi connectivity index (χ3n) is 3.40. The first-order valence-corrected chi connectivity index (χ1v) is 7.07. The Hall–Kier alpha value is -3.35. The Labute approximate surface area is 131 Å². The van der Waals surface area contributed by atoms with Crippen LogP contribution in [0.3, 0.4) is 0 Å². The van der Waals surface area contributed by atoms with Gasteiger partial charge in [-0.1, -0.05) is 6.07 Å². The van der Waals surface area contributed by atoms with Crippen LogP contribution < -0.4 is 5.32 Å². The topological polar surface area (TPSA) is 89.6 Å². The van der Waals surface area contributed by atoms with Crippen LogP contribution in [0.15, 0.2) is 59.6 Å². The number of fused-ring (bicyclic) bond motifs is 1. The molecule has 4 rings (SSSR count). The van der Waals surface area contributed by atoms with Gasteiger partial charge in [0.1, 0.15) is 11.0 Å². The van der Waals surface area contributed by atoms with Gasteiger partial charge in [0, 0.05) is 30.7 Å². The largest absolute Gasteiger partial charge is 0.350 e. The first-order chi connectivity index (χ1) is 11.4. The predicted octanol–water partition coefficient (Wildman–Crippen LogP) is 2.69. The number of rotatable bonds is 4. The van der Waals surface area contributed by atoms with E-state index in [4.69, 9.17) is 4.63 Å². The Morgan fingerprint density at radius 1 is 0.913 bits per heavy atom. The maximum Gasteiger partial charge on any atom is 0.223 e. The SMILES string of the molecule is c1cc(-c2ccnc(NCc3ccc4nonc4c3)n2)ccn1. The van der Waals surface area contributed by atoms with E-state index in [9.17, 15) is 0 Å². The van der Waals surface area contributed by atoms with E-state index in [-0.39, 0.29) is 0 Å². The number of hydrogen-bond acceptors (Lipinski definition) is 7. The van der Waals surface area contributed by atoms with Crippen molar-refractivity contribution in [3.8, 4) is 11.3 Å². The molecular formula is C16H12N6O.